The lowest BCUT2D eigenvalue weighted by molar-refractivity contribution is 0.520. The molecule has 3 heteroatoms. The van der Waals surface area contributed by atoms with E-state index in [9.17, 15) is 0 Å². The van der Waals surface area contributed by atoms with Gasteiger partial charge in [-0.25, -0.2) is 4.98 Å². The van der Waals surface area contributed by atoms with Crippen molar-refractivity contribution in [2.24, 2.45) is 5.73 Å². The molecule has 0 aliphatic carbocycles. The number of hydrogen-bond donors (Lipinski definition) is 1. The standard InChI is InChI=1S/C12H19N3/c1-10(13)5-4-6-11-9-14-12-7-2-3-8-15(11)12/h4,6,9-10H,2-3,5,7-8,13H2,1H3/b6-4+/t10-/m0/s1. The molecule has 2 heterocycles. The van der Waals surface area contributed by atoms with Crippen molar-refractivity contribution in [1.82, 2.24) is 9.55 Å². The van der Waals surface area contributed by atoms with Gasteiger partial charge in [0.25, 0.3) is 0 Å². The molecule has 0 saturated heterocycles. The predicted octanol–water partition coefficient (Wildman–Crippen LogP) is 1.97. The zero-order valence-electron chi connectivity index (χ0n) is 9.32. The average molecular weight is 205 g/mol. The molecule has 1 aliphatic rings. The fourth-order valence-corrected chi connectivity index (χ4v) is 1.98. The first-order valence-corrected chi connectivity index (χ1v) is 5.74. The first-order valence-electron chi connectivity index (χ1n) is 5.74. The van der Waals surface area contributed by atoms with Crippen LogP contribution in [-0.4, -0.2) is 15.6 Å². The van der Waals surface area contributed by atoms with E-state index in [-0.39, 0.29) is 6.04 Å². The number of aryl methyl sites for hydroxylation is 1. The molecule has 0 unspecified atom stereocenters. The molecule has 0 aromatic carbocycles. The minimum absolute atomic E-state index is 0.241. The van der Waals surface area contributed by atoms with E-state index in [1.165, 1.54) is 24.4 Å². The van der Waals surface area contributed by atoms with E-state index < -0.39 is 0 Å². The van der Waals surface area contributed by atoms with Gasteiger partial charge in [0.15, 0.2) is 0 Å². The SMILES string of the molecule is C[C@H](N)C/C=C/c1cnc2n1CCCC2. The number of hydrogen-bond acceptors (Lipinski definition) is 2. The Balaban J connectivity index is 2.08. The zero-order chi connectivity index (χ0) is 10.7. The van der Waals surface area contributed by atoms with Crippen molar-refractivity contribution >= 4 is 6.08 Å². The van der Waals surface area contributed by atoms with Crippen LogP contribution in [0.1, 0.15) is 37.7 Å². The summed E-state index contributed by atoms with van der Waals surface area (Å²) in [6.45, 7) is 3.14. The van der Waals surface area contributed by atoms with Crippen molar-refractivity contribution in [2.75, 3.05) is 0 Å². The molecule has 0 fully saturated rings. The fraction of sp³-hybridized carbons (Fsp3) is 0.583. The summed E-state index contributed by atoms with van der Waals surface area (Å²) in [5, 5.41) is 0. The molecule has 0 bridgehead atoms. The maximum Gasteiger partial charge on any atom is 0.109 e. The van der Waals surface area contributed by atoms with E-state index in [0.29, 0.717) is 0 Å². The van der Waals surface area contributed by atoms with Gasteiger partial charge in [0.1, 0.15) is 5.82 Å². The quantitative estimate of drug-likeness (QED) is 0.820. The molecule has 15 heavy (non-hydrogen) atoms. The number of aromatic nitrogens is 2. The van der Waals surface area contributed by atoms with Gasteiger partial charge < -0.3 is 10.3 Å². The third-order valence-electron chi connectivity index (χ3n) is 2.80. The Morgan fingerprint density at radius 3 is 3.27 bits per heavy atom. The maximum atomic E-state index is 5.70. The molecule has 2 N–H and O–H groups in total. The number of nitrogens with zero attached hydrogens (tertiary/aromatic N) is 2. The molecule has 2 rings (SSSR count). The topological polar surface area (TPSA) is 43.8 Å². The van der Waals surface area contributed by atoms with Gasteiger partial charge in [-0.05, 0) is 32.3 Å². The Morgan fingerprint density at radius 1 is 1.60 bits per heavy atom. The van der Waals surface area contributed by atoms with Gasteiger partial charge in [-0.15, -0.1) is 0 Å². The van der Waals surface area contributed by atoms with E-state index in [0.717, 1.165) is 19.4 Å². The fourth-order valence-electron chi connectivity index (χ4n) is 1.98. The summed E-state index contributed by atoms with van der Waals surface area (Å²) in [7, 11) is 0. The third kappa shape index (κ3) is 2.48. The van der Waals surface area contributed by atoms with Gasteiger partial charge in [0, 0.05) is 19.0 Å². The minimum Gasteiger partial charge on any atom is -0.329 e. The minimum atomic E-state index is 0.241. The van der Waals surface area contributed by atoms with Gasteiger partial charge in [-0.1, -0.05) is 6.08 Å². The van der Waals surface area contributed by atoms with E-state index in [1.807, 2.05) is 13.1 Å². The second-order valence-corrected chi connectivity index (χ2v) is 4.32. The summed E-state index contributed by atoms with van der Waals surface area (Å²) in [6.07, 6.45) is 10.9. The van der Waals surface area contributed by atoms with Crippen LogP contribution in [0.2, 0.25) is 0 Å². The van der Waals surface area contributed by atoms with Crippen molar-refractivity contribution in [1.29, 1.82) is 0 Å². The smallest absolute Gasteiger partial charge is 0.109 e. The van der Waals surface area contributed by atoms with Crippen LogP contribution < -0.4 is 5.73 Å². The lowest BCUT2D eigenvalue weighted by atomic mass is 10.1. The molecular formula is C12H19N3. The monoisotopic (exact) mass is 205 g/mol. The maximum absolute atomic E-state index is 5.70. The van der Waals surface area contributed by atoms with Crippen molar-refractivity contribution in [3.63, 3.8) is 0 Å². The van der Waals surface area contributed by atoms with Gasteiger partial charge in [0.2, 0.25) is 0 Å². The zero-order valence-corrected chi connectivity index (χ0v) is 9.32. The Hall–Kier alpha value is -1.09. The van der Waals surface area contributed by atoms with Crippen LogP contribution in [0, 0.1) is 0 Å². The van der Waals surface area contributed by atoms with Crippen LogP contribution in [0.4, 0.5) is 0 Å². The number of imidazole rings is 1. The second kappa shape index (κ2) is 4.62. The summed E-state index contributed by atoms with van der Waals surface area (Å²) < 4.78 is 2.32. The molecule has 82 valence electrons. The van der Waals surface area contributed by atoms with E-state index in [2.05, 4.69) is 21.7 Å². The van der Waals surface area contributed by atoms with Crippen LogP contribution in [0.15, 0.2) is 12.3 Å². The molecule has 1 aliphatic heterocycles. The molecule has 0 amide bonds. The molecule has 1 aromatic rings. The summed E-state index contributed by atoms with van der Waals surface area (Å²) in [6, 6.07) is 0.241. The summed E-state index contributed by atoms with van der Waals surface area (Å²) in [5.74, 6) is 1.24. The van der Waals surface area contributed by atoms with E-state index in [4.69, 9.17) is 5.73 Å². The average Bonchev–Trinajstić information content (AvgIpc) is 2.62. The normalized spacial score (nSPS) is 18.0. The van der Waals surface area contributed by atoms with Gasteiger partial charge in [0.05, 0.1) is 11.9 Å². The van der Waals surface area contributed by atoms with Gasteiger partial charge >= 0.3 is 0 Å². The largest absolute Gasteiger partial charge is 0.329 e. The van der Waals surface area contributed by atoms with Crippen molar-refractivity contribution in [3.05, 3.63) is 23.8 Å². The predicted molar refractivity (Wildman–Crippen MR) is 62.5 cm³/mol. The Labute approximate surface area is 91.0 Å². The lowest BCUT2D eigenvalue weighted by Crippen LogP contribution is -2.13. The Bertz CT molecular complexity index is 350. The highest BCUT2D eigenvalue weighted by Gasteiger charge is 2.11. The van der Waals surface area contributed by atoms with E-state index >= 15 is 0 Å². The third-order valence-corrected chi connectivity index (χ3v) is 2.80. The lowest BCUT2D eigenvalue weighted by Gasteiger charge is -2.14. The van der Waals surface area contributed by atoms with Gasteiger partial charge in [-0.3, -0.25) is 0 Å². The summed E-state index contributed by atoms with van der Waals surface area (Å²) in [5.41, 5.74) is 6.92. The van der Waals surface area contributed by atoms with E-state index in [1.54, 1.807) is 0 Å². The number of rotatable bonds is 3. The highest BCUT2D eigenvalue weighted by atomic mass is 15.1. The Morgan fingerprint density at radius 2 is 2.47 bits per heavy atom. The number of fused-ring (bicyclic) bond motifs is 1. The van der Waals surface area contributed by atoms with Crippen LogP contribution in [0.5, 0.6) is 0 Å². The van der Waals surface area contributed by atoms with Crippen LogP contribution in [0.3, 0.4) is 0 Å². The van der Waals surface area contributed by atoms with Crippen molar-refractivity contribution in [3.8, 4) is 0 Å². The molecule has 0 saturated carbocycles. The second-order valence-electron chi connectivity index (χ2n) is 4.32. The molecule has 1 atom stereocenters. The summed E-state index contributed by atoms with van der Waals surface area (Å²) >= 11 is 0. The number of nitrogens with two attached hydrogens (primary N) is 1. The summed E-state index contributed by atoms with van der Waals surface area (Å²) in [4.78, 5) is 4.43. The first-order chi connectivity index (χ1) is 7.27. The van der Waals surface area contributed by atoms with Crippen LogP contribution >= 0.6 is 0 Å². The van der Waals surface area contributed by atoms with Crippen molar-refractivity contribution in [2.45, 2.75) is 45.2 Å². The first kappa shape index (κ1) is 10.4. The molecule has 0 spiro atoms. The molecule has 3 nitrogen and oxygen atoms in total. The highest BCUT2D eigenvalue weighted by Crippen LogP contribution is 2.17. The highest BCUT2D eigenvalue weighted by molar-refractivity contribution is 5.44. The van der Waals surface area contributed by atoms with Crippen molar-refractivity contribution < 1.29 is 0 Å². The van der Waals surface area contributed by atoms with Crippen LogP contribution in [0.25, 0.3) is 6.08 Å². The molecule has 0 radical (unpaired) electrons. The van der Waals surface area contributed by atoms with Gasteiger partial charge in [-0.2, -0.15) is 0 Å². The van der Waals surface area contributed by atoms with Crippen LogP contribution in [-0.2, 0) is 13.0 Å². The molecule has 1 aromatic heterocycles. The Kier molecular flexibility index (Phi) is 3.21. The molecular weight excluding hydrogens is 186 g/mol.